The van der Waals surface area contributed by atoms with Crippen LogP contribution >= 0.6 is 0 Å². The van der Waals surface area contributed by atoms with Gasteiger partial charge in [0.25, 0.3) is 0 Å². The molecule has 0 aromatic heterocycles. The Kier molecular flexibility index (Phi) is 44.7. The number of unbranched alkanes of at least 4 members (excludes halogenated alkanes) is 18. The lowest BCUT2D eigenvalue weighted by Gasteiger charge is -2.18. The molecule has 0 rings (SSSR count). The van der Waals surface area contributed by atoms with Crippen molar-refractivity contribution in [3.63, 3.8) is 0 Å². The van der Waals surface area contributed by atoms with Crippen molar-refractivity contribution in [3.8, 4) is 0 Å². The average molecular weight is 895 g/mol. The fourth-order valence-electron chi connectivity index (χ4n) is 7.97. The second-order valence-corrected chi connectivity index (χ2v) is 18.9. The van der Waals surface area contributed by atoms with Gasteiger partial charge in [-0.15, -0.1) is 0 Å². The first kappa shape index (κ1) is 60.8. The maximum Gasteiger partial charge on any atom is 0.305 e. The van der Waals surface area contributed by atoms with Crippen molar-refractivity contribution in [2.45, 2.75) is 240 Å². The van der Waals surface area contributed by atoms with E-state index < -0.39 is 0 Å². The Morgan fingerprint density at radius 2 is 0.667 bits per heavy atom. The summed E-state index contributed by atoms with van der Waals surface area (Å²) in [4.78, 5) is 52.4. The van der Waals surface area contributed by atoms with Gasteiger partial charge >= 0.3 is 23.9 Å². The highest BCUT2D eigenvalue weighted by atomic mass is 16.5. The third-order valence-corrected chi connectivity index (χ3v) is 12.2. The highest BCUT2D eigenvalue weighted by molar-refractivity contribution is 5.70. The summed E-state index contributed by atoms with van der Waals surface area (Å²) in [5, 5.41) is 3.44. The van der Waals surface area contributed by atoms with Crippen molar-refractivity contribution in [2.24, 2.45) is 17.8 Å². The molecule has 0 aliphatic carbocycles. The summed E-state index contributed by atoms with van der Waals surface area (Å²) in [6.45, 7) is 12.8. The fraction of sp³-hybridized carbons (Fsp3) is 0.925. The van der Waals surface area contributed by atoms with Crippen LogP contribution in [0.25, 0.3) is 0 Å². The molecule has 0 fully saturated rings. The molecule has 372 valence electrons. The molecule has 10 nitrogen and oxygen atoms in total. The van der Waals surface area contributed by atoms with Gasteiger partial charge in [0.2, 0.25) is 0 Å². The summed E-state index contributed by atoms with van der Waals surface area (Å²) in [5.74, 6) is 0.140. The Bertz CT molecular complexity index is 960. The zero-order valence-corrected chi connectivity index (χ0v) is 42.2. The third kappa shape index (κ3) is 43.5. The third-order valence-electron chi connectivity index (χ3n) is 12.2. The van der Waals surface area contributed by atoms with E-state index in [9.17, 15) is 19.2 Å². The monoisotopic (exact) mass is 895 g/mol. The zero-order valence-electron chi connectivity index (χ0n) is 42.2. The van der Waals surface area contributed by atoms with Crippen LogP contribution in [0, 0.1) is 17.8 Å². The molecule has 0 spiro atoms. The van der Waals surface area contributed by atoms with Crippen LogP contribution in [0.2, 0.25) is 0 Å². The van der Waals surface area contributed by atoms with Gasteiger partial charge in [-0.05, 0) is 96.8 Å². The summed E-state index contributed by atoms with van der Waals surface area (Å²) in [5.41, 5.74) is 0. The standard InChI is InChI=1S/C53H102N2O8/c1-7-11-15-23-32-47(33-24-16-12-8-2)43-60-50(56)36-27-19-21-29-38-52(58)62-45-49(42-54-40-31-41-55(5)6)46-63-53(59)39-30-22-20-28-37-51(57)61-44-48(34-25-17-13-9-3)35-26-18-14-10-4/h47-49,54H,7-46H2,1-6H3. The minimum atomic E-state index is -0.240. The molecule has 0 bridgehead atoms. The maximum atomic E-state index is 12.6. The van der Waals surface area contributed by atoms with E-state index in [1.807, 2.05) is 0 Å². The number of nitrogens with zero attached hydrogens (tertiary/aromatic N) is 1. The first-order valence-electron chi connectivity index (χ1n) is 26.6. The van der Waals surface area contributed by atoms with E-state index in [0.29, 0.717) is 70.1 Å². The Balaban J connectivity index is 4.44. The second kappa shape index (κ2) is 46.3. The molecule has 0 radical (unpaired) electrons. The van der Waals surface area contributed by atoms with Gasteiger partial charge in [-0.1, -0.05) is 156 Å². The second-order valence-electron chi connectivity index (χ2n) is 18.9. The Morgan fingerprint density at radius 1 is 0.381 bits per heavy atom. The highest BCUT2D eigenvalue weighted by Crippen LogP contribution is 2.21. The van der Waals surface area contributed by atoms with Crippen molar-refractivity contribution in [1.29, 1.82) is 0 Å². The van der Waals surface area contributed by atoms with E-state index in [1.54, 1.807) is 0 Å². The van der Waals surface area contributed by atoms with Crippen LogP contribution in [0.4, 0.5) is 0 Å². The molecule has 0 aromatic rings. The molecule has 0 aliphatic rings. The Labute approximate surface area is 388 Å². The van der Waals surface area contributed by atoms with Gasteiger partial charge in [-0.25, -0.2) is 0 Å². The molecule has 0 atom stereocenters. The fourth-order valence-corrected chi connectivity index (χ4v) is 7.97. The van der Waals surface area contributed by atoms with E-state index >= 15 is 0 Å². The maximum absolute atomic E-state index is 12.6. The molecular weight excluding hydrogens is 793 g/mol. The number of rotatable bonds is 48. The molecule has 63 heavy (non-hydrogen) atoms. The van der Waals surface area contributed by atoms with Gasteiger partial charge in [0.1, 0.15) is 0 Å². The van der Waals surface area contributed by atoms with Crippen LogP contribution in [0.15, 0.2) is 0 Å². The Hall–Kier alpha value is -2.20. The zero-order chi connectivity index (χ0) is 46.4. The SMILES string of the molecule is CCCCCCC(CCCCCC)COC(=O)CCCCCCC(=O)OCC(CNCCCN(C)C)COC(=O)CCCCCCC(=O)OCC(CCCCCC)CCCCCC. The molecular formula is C53H102N2O8. The van der Waals surface area contributed by atoms with Crippen LogP contribution in [-0.4, -0.2) is 88.9 Å². The van der Waals surface area contributed by atoms with Crippen molar-refractivity contribution in [1.82, 2.24) is 10.2 Å². The predicted octanol–water partition coefficient (Wildman–Crippen LogP) is 13.1. The summed E-state index contributed by atoms with van der Waals surface area (Å²) in [6.07, 6.45) is 33.5. The molecule has 0 aliphatic heterocycles. The van der Waals surface area contributed by atoms with Gasteiger partial charge < -0.3 is 29.2 Å². The quantitative estimate of drug-likeness (QED) is 0.0359. The molecule has 0 saturated carbocycles. The van der Waals surface area contributed by atoms with Gasteiger partial charge in [0, 0.05) is 38.1 Å². The summed E-state index contributed by atoms with van der Waals surface area (Å²) in [7, 11) is 4.10. The first-order valence-corrected chi connectivity index (χ1v) is 26.6. The summed E-state index contributed by atoms with van der Waals surface area (Å²) in [6, 6.07) is 0. The van der Waals surface area contributed by atoms with E-state index in [-0.39, 0.29) is 43.0 Å². The number of nitrogens with one attached hydrogen (secondary N) is 1. The lowest BCUT2D eigenvalue weighted by molar-refractivity contribution is -0.149. The predicted molar refractivity (Wildman–Crippen MR) is 261 cm³/mol. The number of hydrogen-bond acceptors (Lipinski definition) is 10. The van der Waals surface area contributed by atoms with E-state index in [1.165, 1.54) is 103 Å². The Morgan fingerprint density at radius 3 is 0.952 bits per heavy atom. The van der Waals surface area contributed by atoms with Gasteiger partial charge in [-0.3, -0.25) is 19.2 Å². The lowest BCUT2D eigenvalue weighted by Crippen LogP contribution is -2.32. The van der Waals surface area contributed by atoms with Crippen LogP contribution in [0.3, 0.4) is 0 Å². The van der Waals surface area contributed by atoms with Crippen molar-refractivity contribution in [2.75, 3.05) is 60.2 Å². The molecule has 0 aromatic carbocycles. The lowest BCUT2D eigenvalue weighted by atomic mass is 9.95. The van der Waals surface area contributed by atoms with Crippen molar-refractivity contribution < 1.29 is 38.1 Å². The van der Waals surface area contributed by atoms with Crippen molar-refractivity contribution >= 4 is 23.9 Å². The molecule has 10 heteroatoms. The summed E-state index contributed by atoms with van der Waals surface area (Å²) < 4.78 is 22.7. The van der Waals surface area contributed by atoms with Gasteiger partial charge in [0.05, 0.1) is 26.4 Å². The van der Waals surface area contributed by atoms with Gasteiger partial charge in [-0.2, -0.15) is 0 Å². The minimum Gasteiger partial charge on any atom is -0.465 e. The largest absolute Gasteiger partial charge is 0.465 e. The van der Waals surface area contributed by atoms with Crippen LogP contribution in [0.5, 0.6) is 0 Å². The van der Waals surface area contributed by atoms with E-state index in [0.717, 1.165) is 83.7 Å². The topological polar surface area (TPSA) is 120 Å². The number of hydrogen-bond donors (Lipinski definition) is 1. The molecule has 0 saturated heterocycles. The molecule has 0 heterocycles. The van der Waals surface area contributed by atoms with E-state index in [4.69, 9.17) is 18.9 Å². The smallest absolute Gasteiger partial charge is 0.305 e. The van der Waals surface area contributed by atoms with Crippen LogP contribution < -0.4 is 5.32 Å². The van der Waals surface area contributed by atoms with Crippen molar-refractivity contribution in [3.05, 3.63) is 0 Å². The van der Waals surface area contributed by atoms with Crippen LogP contribution in [0.1, 0.15) is 240 Å². The number of carbonyl (C=O) groups excluding carboxylic acids is 4. The van der Waals surface area contributed by atoms with Crippen LogP contribution in [-0.2, 0) is 38.1 Å². The minimum absolute atomic E-state index is 0.0995. The molecule has 0 unspecified atom stereocenters. The van der Waals surface area contributed by atoms with Gasteiger partial charge in [0.15, 0.2) is 0 Å². The average Bonchev–Trinajstić information content (AvgIpc) is 3.27. The number of carbonyl (C=O) groups is 4. The van der Waals surface area contributed by atoms with E-state index in [2.05, 4.69) is 52.0 Å². The number of esters is 4. The normalized spacial score (nSPS) is 11.6. The molecule has 0 amide bonds. The molecule has 1 N–H and O–H groups in total. The first-order chi connectivity index (χ1) is 30.6. The summed E-state index contributed by atoms with van der Waals surface area (Å²) >= 11 is 0. The highest BCUT2D eigenvalue weighted by Gasteiger charge is 2.17. The number of ether oxygens (including phenoxy) is 4.